The first-order chi connectivity index (χ1) is 10.2. The predicted molar refractivity (Wildman–Crippen MR) is 82.7 cm³/mol. The van der Waals surface area contributed by atoms with E-state index in [0.717, 1.165) is 17.7 Å². The number of rotatable bonds is 1. The summed E-state index contributed by atoms with van der Waals surface area (Å²) in [5, 5.41) is 10.2. The Morgan fingerprint density at radius 1 is 1.05 bits per heavy atom. The van der Waals surface area contributed by atoms with E-state index < -0.39 is 0 Å². The van der Waals surface area contributed by atoms with E-state index >= 15 is 0 Å². The van der Waals surface area contributed by atoms with Crippen LogP contribution in [-0.4, -0.2) is 5.11 Å². The highest BCUT2D eigenvalue weighted by Crippen LogP contribution is 2.55. The molecule has 1 saturated carbocycles. The number of hydrogen-bond acceptors (Lipinski definition) is 2. The Balaban J connectivity index is 1.79. The Hall–Kier alpha value is -1.96. The number of aryl methyl sites for hydroxylation is 1. The maximum Gasteiger partial charge on any atom is 0.127 e. The molecule has 0 aromatic heterocycles. The minimum atomic E-state index is 0.118. The van der Waals surface area contributed by atoms with Gasteiger partial charge >= 0.3 is 0 Å². The normalized spacial score (nSPS) is 26.8. The number of benzene rings is 2. The lowest BCUT2D eigenvalue weighted by Crippen LogP contribution is -2.26. The first kappa shape index (κ1) is 12.8. The van der Waals surface area contributed by atoms with Crippen LogP contribution in [0, 0.1) is 12.8 Å². The molecular weight excluding hydrogens is 260 g/mol. The van der Waals surface area contributed by atoms with Crippen LogP contribution in [0.5, 0.6) is 11.5 Å². The molecule has 2 heteroatoms. The molecule has 4 rings (SSSR count). The zero-order valence-electron chi connectivity index (χ0n) is 12.3. The van der Waals surface area contributed by atoms with Crippen molar-refractivity contribution in [2.24, 2.45) is 5.92 Å². The summed E-state index contributed by atoms with van der Waals surface area (Å²) in [6, 6.07) is 14.3. The van der Waals surface area contributed by atoms with Crippen LogP contribution in [0.15, 0.2) is 42.5 Å². The van der Waals surface area contributed by atoms with Crippen molar-refractivity contribution in [3.8, 4) is 11.5 Å². The summed E-state index contributed by atoms with van der Waals surface area (Å²) in [7, 11) is 0. The minimum Gasteiger partial charge on any atom is -0.508 e. The largest absolute Gasteiger partial charge is 0.508 e. The second-order valence-electron chi connectivity index (χ2n) is 6.34. The monoisotopic (exact) mass is 280 g/mol. The molecule has 21 heavy (non-hydrogen) atoms. The molecule has 1 N–H and O–H groups in total. The van der Waals surface area contributed by atoms with Crippen molar-refractivity contribution in [1.82, 2.24) is 0 Å². The van der Waals surface area contributed by atoms with Gasteiger partial charge in [-0.25, -0.2) is 0 Å². The van der Waals surface area contributed by atoms with Gasteiger partial charge in [-0.15, -0.1) is 0 Å². The Bertz CT molecular complexity index is 660. The zero-order chi connectivity index (χ0) is 14.4. The second-order valence-corrected chi connectivity index (χ2v) is 6.34. The summed E-state index contributed by atoms with van der Waals surface area (Å²) >= 11 is 0. The Kier molecular flexibility index (Phi) is 2.91. The average Bonchev–Trinajstić information content (AvgIpc) is 2.96. The van der Waals surface area contributed by atoms with Crippen LogP contribution in [0.3, 0.4) is 0 Å². The molecule has 108 valence electrons. The van der Waals surface area contributed by atoms with Crippen molar-refractivity contribution in [3.63, 3.8) is 0 Å². The van der Waals surface area contributed by atoms with E-state index in [-0.39, 0.29) is 6.10 Å². The van der Waals surface area contributed by atoms with Crippen LogP contribution in [0.2, 0.25) is 0 Å². The quantitative estimate of drug-likeness (QED) is 0.819. The molecule has 1 aliphatic heterocycles. The topological polar surface area (TPSA) is 29.5 Å². The fraction of sp³-hybridized carbons (Fsp3) is 0.368. The lowest BCUT2D eigenvalue weighted by molar-refractivity contribution is 0.103. The Labute approximate surface area is 125 Å². The van der Waals surface area contributed by atoms with Gasteiger partial charge in [-0.3, -0.25) is 0 Å². The number of hydrogen-bond donors (Lipinski definition) is 1. The molecule has 1 fully saturated rings. The SMILES string of the molecule is Cc1ccc([C@H]2Oc3cccc(O)c3[C@H]3CCC[C@H]32)cc1. The highest BCUT2D eigenvalue weighted by Gasteiger charge is 2.43. The maximum atomic E-state index is 10.2. The summed E-state index contributed by atoms with van der Waals surface area (Å²) < 4.78 is 6.29. The van der Waals surface area contributed by atoms with Crippen LogP contribution in [0.25, 0.3) is 0 Å². The van der Waals surface area contributed by atoms with Crippen molar-refractivity contribution in [2.75, 3.05) is 0 Å². The van der Waals surface area contributed by atoms with E-state index in [9.17, 15) is 5.11 Å². The fourth-order valence-electron chi connectivity index (χ4n) is 4.01. The van der Waals surface area contributed by atoms with Crippen LogP contribution < -0.4 is 4.74 Å². The van der Waals surface area contributed by atoms with E-state index in [4.69, 9.17) is 4.74 Å². The number of phenolic OH excluding ortho intramolecular Hbond substituents is 1. The van der Waals surface area contributed by atoms with Gasteiger partial charge in [0.15, 0.2) is 0 Å². The van der Waals surface area contributed by atoms with Crippen molar-refractivity contribution in [1.29, 1.82) is 0 Å². The lowest BCUT2D eigenvalue weighted by Gasteiger charge is -2.36. The van der Waals surface area contributed by atoms with Gasteiger partial charge in [0.1, 0.15) is 17.6 Å². The summed E-state index contributed by atoms with van der Waals surface area (Å²) in [5.41, 5.74) is 3.56. The molecule has 0 amide bonds. The van der Waals surface area contributed by atoms with Crippen molar-refractivity contribution in [2.45, 2.75) is 38.2 Å². The molecule has 0 bridgehead atoms. The molecule has 0 radical (unpaired) electrons. The third-order valence-corrected chi connectivity index (χ3v) is 5.03. The number of aromatic hydroxyl groups is 1. The molecule has 0 unspecified atom stereocenters. The van der Waals surface area contributed by atoms with E-state index in [1.807, 2.05) is 12.1 Å². The average molecular weight is 280 g/mol. The Morgan fingerprint density at radius 3 is 2.67 bits per heavy atom. The molecule has 2 aromatic carbocycles. The maximum absolute atomic E-state index is 10.2. The van der Waals surface area contributed by atoms with Crippen LogP contribution >= 0.6 is 0 Å². The molecule has 2 aliphatic rings. The summed E-state index contributed by atoms with van der Waals surface area (Å²) in [5.74, 6) is 2.17. The van der Waals surface area contributed by atoms with Crippen molar-refractivity contribution in [3.05, 3.63) is 59.2 Å². The number of phenols is 1. The molecular formula is C19H20O2. The summed E-state index contributed by atoms with van der Waals surface area (Å²) in [4.78, 5) is 0. The number of fused-ring (bicyclic) bond motifs is 3. The first-order valence-electron chi connectivity index (χ1n) is 7.79. The summed E-state index contributed by atoms with van der Waals surface area (Å²) in [6.45, 7) is 2.11. The third-order valence-electron chi connectivity index (χ3n) is 5.03. The minimum absolute atomic E-state index is 0.118. The van der Waals surface area contributed by atoms with Gasteiger partial charge in [0, 0.05) is 11.5 Å². The van der Waals surface area contributed by atoms with Gasteiger partial charge in [-0.2, -0.15) is 0 Å². The van der Waals surface area contributed by atoms with E-state index in [1.54, 1.807) is 6.07 Å². The van der Waals surface area contributed by atoms with Crippen LogP contribution in [0.4, 0.5) is 0 Å². The fourth-order valence-corrected chi connectivity index (χ4v) is 4.01. The van der Waals surface area contributed by atoms with E-state index in [2.05, 4.69) is 31.2 Å². The highest BCUT2D eigenvalue weighted by atomic mass is 16.5. The molecule has 1 heterocycles. The molecule has 3 atom stereocenters. The van der Waals surface area contributed by atoms with Crippen LogP contribution in [0.1, 0.15) is 48.0 Å². The van der Waals surface area contributed by atoms with Gasteiger partial charge in [0.25, 0.3) is 0 Å². The summed E-state index contributed by atoms with van der Waals surface area (Å²) in [6.07, 6.45) is 3.67. The number of ether oxygens (including phenoxy) is 1. The smallest absolute Gasteiger partial charge is 0.127 e. The van der Waals surface area contributed by atoms with Crippen LogP contribution in [-0.2, 0) is 0 Å². The molecule has 2 nitrogen and oxygen atoms in total. The molecule has 2 aromatic rings. The van der Waals surface area contributed by atoms with E-state index in [1.165, 1.54) is 24.0 Å². The molecule has 0 saturated heterocycles. The van der Waals surface area contributed by atoms with Crippen molar-refractivity contribution >= 4 is 0 Å². The van der Waals surface area contributed by atoms with Gasteiger partial charge in [-0.05, 0) is 43.4 Å². The third kappa shape index (κ3) is 2.01. The van der Waals surface area contributed by atoms with Crippen molar-refractivity contribution < 1.29 is 9.84 Å². The predicted octanol–water partition coefficient (Wildman–Crippen LogP) is 4.72. The van der Waals surface area contributed by atoms with Gasteiger partial charge in [-0.1, -0.05) is 42.3 Å². The van der Waals surface area contributed by atoms with Gasteiger partial charge in [0.05, 0.1) is 0 Å². The second kappa shape index (κ2) is 4.80. The standard InChI is InChI=1S/C19H20O2/c1-12-8-10-13(11-9-12)19-15-5-2-4-14(15)18-16(20)6-3-7-17(18)21-19/h3,6-11,14-15,19-20H,2,4-5H2,1H3/t14-,15+,19+/m0/s1. The lowest BCUT2D eigenvalue weighted by atomic mass is 9.79. The first-order valence-corrected chi connectivity index (χ1v) is 7.79. The zero-order valence-corrected chi connectivity index (χ0v) is 12.3. The van der Waals surface area contributed by atoms with Gasteiger partial charge in [0.2, 0.25) is 0 Å². The molecule has 0 spiro atoms. The van der Waals surface area contributed by atoms with E-state index in [0.29, 0.717) is 17.6 Å². The highest BCUT2D eigenvalue weighted by molar-refractivity contribution is 5.49. The van der Waals surface area contributed by atoms with Gasteiger partial charge < -0.3 is 9.84 Å². The Morgan fingerprint density at radius 2 is 1.86 bits per heavy atom. The molecule has 1 aliphatic carbocycles.